The highest BCUT2D eigenvalue weighted by Crippen LogP contribution is 2.28. The molecule has 4 heteroatoms. The number of amides is 1. The van der Waals surface area contributed by atoms with Gasteiger partial charge in [-0.15, -0.1) is 0 Å². The molecule has 1 aromatic rings. The molecule has 0 radical (unpaired) electrons. The largest absolute Gasteiger partial charge is 0.319 e. The summed E-state index contributed by atoms with van der Waals surface area (Å²) in [5.74, 6) is 0.683. The lowest BCUT2D eigenvalue weighted by Crippen LogP contribution is -2.40. The predicted molar refractivity (Wildman–Crippen MR) is 66.2 cm³/mol. The molecule has 0 bridgehead atoms. The predicted octanol–water partition coefficient (Wildman–Crippen LogP) is 2.22. The van der Waals surface area contributed by atoms with Crippen molar-refractivity contribution in [1.29, 1.82) is 0 Å². The van der Waals surface area contributed by atoms with Crippen LogP contribution in [0.4, 0.5) is 0 Å². The van der Waals surface area contributed by atoms with Crippen molar-refractivity contribution < 1.29 is 4.79 Å². The van der Waals surface area contributed by atoms with Gasteiger partial charge >= 0.3 is 0 Å². The van der Waals surface area contributed by atoms with E-state index in [0.29, 0.717) is 12.5 Å². The van der Waals surface area contributed by atoms with Gasteiger partial charge in [0.1, 0.15) is 6.17 Å². The standard InChI is InChI=1S/C12H18N2OS/c1-8(2)9(3)14-11(15)6-13-12(14)10-4-5-16-7-10/h4-5,7-9,12-13H,6H2,1-3H3. The Labute approximate surface area is 100 Å². The smallest absolute Gasteiger partial charge is 0.238 e. The highest BCUT2D eigenvalue weighted by molar-refractivity contribution is 7.07. The Morgan fingerprint density at radius 1 is 1.50 bits per heavy atom. The number of nitrogens with zero attached hydrogens (tertiary/aromatic N) is 1. The van der Waals surface area contributed by atoms with Gasteiger partial charge in [0, 0.05) is 6.04 Å². The fraction of sp³-hybridized carbons (Fsp3) is 0.583. The number of rotatable bonds is 3. The van der Waals surface area contributed by atoms with Gasteiger partial charge in [0.2, 0.25) is 5.91 Å². The summed E-state index contributed by atoms with van der Waals surface area (Å²) in [5, 5.41) is 7.44. The van der Waals surface area contributed by atoms with Gasteiger partial charge in [-0.25, -0.2) is 0 Å². The van der Waals surface area contributed by atoms with Gasteiger partial charge in [-0.1, -0.05) is 13.8 Å². The maximum atomic E-state index is 11.9. The summed E-state index contributed by atoms with van der Waals surface area (Å²) in [4.78, 5) is 13.9. The van der Waals surface area contributed by atoms with Gasteiger partial charge in [-0.05, 0) is 35.2 Å². The summed E-state index contributed by atoms with van der Waals surface area (Å²) in [6.45, 7) is 6.88. The van der Waals surface area contributed by atoms with E-state index in [-0.39, 0.29) is 18.1 Å². The first kappa shape index (κ1) is 11.6. The maximum Gasteiger partial charge on any atom is 0.238 e. The van der Waals surface area contributed by atoms with Crippen molar-refractivity contribution in [3.05, 3.63) is 22.4 Å². The number of carbonyl (C=O) groups excluding carboxylic acids is 1. The van der Waals surface area contributed by atoms with Crippen molar-refractivity contribution in [2.24, 2.45) is 5.92 Å². The number of thiophene rings is 1. The fourth-order valence-corrected chi connectivity index (χ4v) is 2.69. The van der Waals surface area contributed by atoms with E-state index in [1.165, 1.54) is 5.56 Å². The lowest BCUT2D eigenvalue weighted by Gasteiger charge is -2.32. The normalized spacial score (nSPS) is 23.1. The van der Waals surface area contributed by atoms with Crippen LogP contribution in [0.5, 0.6) is 0 Å². The van der Waals surface area contributed by atoms with Crippen molar-refractivity contribution in [1.82, 2.24) is 10.2 Å². The Hall–Kier alpha value is -0.870. The van der Waals surface area contributed by atoms with Crippen LogP contribution in [0, 0.1) is 5.92 Å². The molecule has 2 atom stereocenters. The van der Waals surface area contributed by atoms with E-state index in [1.54, 1.807) is 11.3 Å². The summed E-state index contributed by atoms with van der Waals surface area (Å²) in [7, 11) is 0. The molecule has 0 saturated carbocycles. The van der Waals surface area contributed by atoms with E-state index in [2.05, 4.69) is 42.9 Å². The third kappa shape index (κ3) is 1.99. The topological polar surface area (TPSA) is 32.3 Å². The molecule has 1 amide bonds. The average molecular weight is 238 g/mol. The quantitative estimate of drug-likeness (QED) is 0.875. The van der Waals surface area contributed by atoms with Crippen LogP contribution < -0.4 is 5.32 Å². The first-order chi connectivity index (χ1) is 7.61. The second kappa shape index (κ2) is 4.55. The SMILES string of the molecule is CC(C)C(C)N1C(=O)CNC1c1ccsc1. The molecule has 2 unspecified atom stereocenters. The minimum atomic E-state index is 0.0659. The Morgan fingerprint density at radius 2 is 2.25 bits per heavy atom. The molecule has 1 aliphatic heterocycles. The van der Waals surface area contributed by atoms with E-state index in [4.69, 9.17) is 0 Å². The van der Waals surface area contributed by atoms with Crippen LogP contribution in [0.15, 0.2) is 16.8 Å². The number of carbonyl (C=O) groups is 1. The third-order valence-electron chi connectivity index (χ3n) is 3.28. The van der Waals surface area contributed by atoms with E-state index in [9.17, 15) is 4.79 Å². The Balaban J connectivity index is 2.23. The Morgan fingerprint density at radius 3 is 2.81 bits per heavy atom. The lowest BCUT2D eigenvalue weighted by molar-refractivity contribution is -0.130. The van der Waals surface area contributed by atoms with E-state index in [1.807, 2.05) is 4.90 Å². The average Bonchev–Trinajstić information content (AvgIpc) is 2.84. The van der Waals surface area contributed by atoms with E-state index >= 15 is 0 Å². The van der Waals surface area contributed by atoms with Crippen LogP contribution in [0.25, 0.3) is 0 Å². The molecule has 0 aliphatic carbocycles. The zero-order valence-electron chi connectivity index (χ0n) is 9.93. The van der Waals surface area contributed by atoms with Gasteiger partial charge < -0.3 is 4.90 Å². The van der Waals surface area contributed by atoms with Crippen molar-refractivity contribution >= 4 is 17.2 Å². The number of hydrogen-bond acceptors (Lipinski definition) is 3. The highest BCUT2D eigenvalue weighted by atomic mass is 32.1. The molecule has 1 aliphatic rings. The van der Waals surface area contributed by atoms with Gasteiger partial charge in [0.05, 0.1) is 6.54 Å². The second-order valence-corrected chi connectivity index (χ2v) is 5.41. The van der Waals surface area contributed by atoms with Gasteiger partial charge in [-0.2, -0.15) is 11.3 Å². The molecule has 2 rings (SSSR count). The van der Waals surface area contributed by atoms with Crippen LogP contribution in [0.2, 0.25) is 0 Å². The minimum absolute atomic E-state index is 0.0659. The van der Waals surface area contributed by atoms with Crippen LogP contribution in [0.3, 0.4) is 0 Å². The zero-order chi connectivity index (χ0) is 11.7. The summed E-state index contributed by atoms with van der Waals surface area (Å²) in [5.41, 5.74) is 1.20. The first-order valence-corrected chi connectivity index (χ1v) is 6.62. The van der Waals surface area contributed by atoms with Gasteiger partial charge in [0.15, 0.2) is 0 Å². The van der Waals surface area contributed by atoms with Crippen LogP contribution >= 0.6 is 11.3 Å². The second-order valence-electron chi connectivity index (χ2n) is 4.63. The first-order valence-electron chi connectivity index (χ1n) is 5.68. The molecule has 1 saturated heterocycles. The van der Waals surface area contributed by atoms with Gasteiger partial charge in [0.25, 0.3) is 0 Å². The molecule has 16 heavy (non-hydrogen) atoms. The van der Waals surface area contributed by atoms with Gasteiger partial charge in [-0.3, -0.25) is 10.1 Å². The number of hydrogen-bond donors (Lipinski definition) is 1. The molecule has 1 aromatic heterocycles. The van der Waals surface area contributed by atoms with Crippen LogP contribution in [-0.4, -0.2) is 23.4 Å². The minimum Gasteiger partial charge on any atom is -0.319 e. The zero-order valence-corrected chi connectivity index (χ0v) is 10.8. The molecule has 1 N–H and O–H groups in total. The van der Waals surface area contributed by atoms with Crippen LogP contribution in [-0.2, 0) is 4.79 Å². The van der Waals surface area contributed by atoms with E-state index in [0.717, 1.165) is 0 Å². The summed E-state index contributed by atoms with van der Waals surface area (Å²) < 4.78 is 0. The fourth-order valence-electron chi connectivity index (χ4n) is 2.01. The van der Waals surface area contributed by atoms with Crippen molar-refractivity contribution in [2.45, 2.75) is 33.0 Å². The van der Waals surface area contributed by atoms with Crippen molar-refractivity contribution in [2.75, 3.05) is 6.54 Å². The van der Waals surface area contributed by atoms with Crippen molar-refractivity contribution in [3.63, 3.8) is 0 Å². The molecule has 3 nitrogen and oxygen atoms in total. The lowest BCUT2D eigenvalue weighted by atomic mass is 10.0. The molecule has 0 aromatic carbocycles. The number of nitrogens with one attached hydrogen (secondary N) is 1. The Bertz CT molecular complexity index is 361. The van der Waals surface area contributed by atoms with Crippen molar-refractivity contribution in [3.8, 4) is 0 Å². The molecule has 1 fully saturated rings. The molecule has 88 valence electrons. The van der Waals surface area contributed by atoms with E-state index < -0.39 is 0 Å². The monoisotopic (exact) mass is 238 g/mol. The maximum absolute atomic E-state index is 11.9. The summed E-state index contributed by atoms with van der Waals surface area (Å²) >= 11 is 1.67. The highest BCUT2D eigenvalue weighted by Gasteiger charge is 2.35. The molecule has 2 heterocycles. The van der Waals surface area contributed by atoms with Crippen LogP contribution in [0.1, 0.15) is 32.5 Å². The molecular weight excluding hydrogens is 220 g/mol. The molecule has 0 spiro atoms. The Kier molecular flexibility index (Phi) is 3.30. The molecular formula is C12H18N2OS. The summed E-state index contributed by atoms with van der Waals surface area (Å²) in [6, 6.07) is 2.36. The summed E-state index contributed by atoms with van der Waals surface area (Å²) in [6.07, 6.45) is 0.0659. The third-order valence-corrected chi connectivity index (χ3v) is 3.98.